The van der Waals surface area contributed by atoms with Crippen LogP contribution in [0.25, 0.3) is 0 Å². The number of rotatable bonds is 1. The molecule has 4 heteroatoms. The van der Waals surface area contributed by atoms with Crippen LogP contribution >= 0.6 is 0 Å². The number of nitrogens with one attached hydrogen (secondary N) is 1. The number of benzene rings is 1. The fourth-order valence-electron chi connectivity index (χ4n) is 2.46. The number of amides is 2. The first-order valence-electron chi connectivity index (χ1n) is 6.51. The van der Waals surface area contributed by atoms with E-state index in [4.69, 9.17) is 0 Å². The van der Waals surface area contributed by atoms with Crippen LogP contribution < -0.4 is 5.32 Å². The number of hydrogen-bond acceptors (Lipinski definition) is 2. The van der Waals surface area contributed by atoms with Crippen LogP contribution in [-0.2, 0) is 9.59 Å². The molecule has 0 aliphatic carbocycles. The lowest BCUT2D eigenvalue weighted by molar-refractivity contribution is -0.155. The van der Waals surface area contributed by atoms with E-state index in [2.05, 4.69) is 5.32 Å². The lowest BCUT2D eigenvalue weighted by atomic mass is 9.93. The molecule has 102 valence electrons. The summed E-state index contributed by atoms with van der Waals surface area (Å²) in [5, 5.41) is 2.75. The van der Waals surface area contributed by atoms with E-state index in [0.717, 1.165) is 5.56 Å². The Morgan fingerprint density at radius 3 is 2.21 bits per heavy atom. The number of piperazine rings is 1. The maximum atomic E-state index is 12.4. The standard InChI is InChI=1S/C15H20N2O2/c1-10-14(19)17(15(2,3)4)12(13(18)16-10)11-8-6-5-7-9-11/h5-10,12H,1-4H3,(H,16,18). The fraction of sp³-hybridized carbons (Fsp3) is 0.467. The molecule has 4 nitrogen and oxygen atoms in total. The predicted octanol–water partition coefficient (Wildman–Crippen LogP) is 1.87. The molecule has 2 unspecified atom stereocenters. The van der Waals surface area contributed by atoms with Gasteiger partial charge in [-0.1, -0.05) is 30.3 Å². The predicted molar refractivity (Wildman–Crippen MR) is 73.4 cm³/mol. The van der Waals surface area contributed by atoms with E-state index in [1.807, 2.05) is 51.1 Å². The number of carbonyl (C=O) groups excluding carboxylic acids is 2. The minimum Gasteiger partial charge on any atom is -0.342 e. The molecule has 1 aromatic rings. The van der Waals surface area contributed by atoms with Crippen molar-refractivity contribution in [3.63, 3.8) is 0 Å². The Labute approximate surface area is 113 Å². The third kappa shape index (κ3) is 2.48. The quantitative estimate of drug-likeness (QED) is 0.838. The van der Waals surface area contributed by atoms with Crippen molar-refractivity contribution in [3.05, 3.63) is 35.9 Å². The van der Waals surface area contributed by atoms with Crippen molar-refractivity contribution in [1.29, 1.82) is 0 Å². The molecule has 1 N–H and O–H groups in total. The molecular weight excluding hydrogens is 240 g/mol. The van der Waals surface area contributed by atoms with Gasteiger partial charge < -0.3 is 10.2 Å². The highest BCUT2D eigenvalue weighted by Crippen LogP contribution is 2.31. The average molecular weight is 260 g/mol. The first-order valence-corrected chi connectivity index (χ1v) is 6.51. The van der Waals surface area contributed by atoms with Crippen molar-refractivity contribution in [1.82, 2.24) is 10.2 Å². The van der Waals surface area contributed by atoms with Crippen LogP contribution in [0.4, 0.5) is 0 Å². The second kappa shape index (κ2) is 4.68. The van der Waals surface area contributed by atoms with E-state index in [-0.39, 0.29) is 11.8 Å². The number of nitrogens with zero attached hydrogens (tertiary/aromatic N) is 1. The van der Waals surface area contributed by atoms with Gasteiger partial charge in [0.05, 0.1) is 0 Å². The van der Waals surface area contributed by atoms with Crippen molar-refractivity contribution >= 4 is 11.8 Å². The lowest BCUT2D eigenvalue weighted by Gasteiger charge is -2.45. The number of carbonyl (C=O) groups is 2. The smallest absolute Gasteiger partial charge is 0.248 e. The monoisotopic (exact) mass is 260 g/mol. The summed E-state index contributed by atoms with van der Waals surface area (Å²) in [7, 11) is 0. The molecule has 19 heavy (non-hydrogen) atoms. The molecule has 2 atom stereocenters. The SMILES string of the molecule is CC1NC(=O)C(c2ccccc2)N(C(C)(C)C)C1=O. The number of hydrogen-bond donors (Lipinski definition) is 1. The van der Waals surface area contributed by atoms with Gasteiger partial charge in [-0.25, -0.2) is 0 Å². The molecule has 0 bridgehead atoms. The molecule has 1 heterocycles. The molecule has 0 radical (unpaired) electrons. The highest BCUT2D eigenvalue weighted by Gasteiger charge is 2.44. The van der Waals surface area contributed by atoms with Crippen LogP contribution in [0.2, 0.25) is 0 Å². The zero-order valence-corrected chi connectivity index (χ0v) is 11.8. The van der Waals surface area contributed by atoms with E-state index >= 15 is 0 Å². The summed E-state index contributed by atoms with van der Waals surface area (Å²) in [4.78, 5) is 26.4. The summed E-state index contributed by atoms with van der Waals surface area (Å²) in [6.45, 7) is 7.57. The molecule has 0 saturated carbocycles. The van der Waals surface area contributed by atoms with Gasteiger partial charge in [0.15, 0.2) is 0 Å². The van der Waals surface area contributed by atoms with Crippen LogP contribution in [0.15, 0.2) is 30.3 Å². The van der Waals surface area contributed by atoms with Gasteiger partial charge in [0.25, 0.3) is 0 Å². The molecule has 1 fully saturated rings. The van der Waals surface area contributed by atoms with Crippen molar-refractivity contribution in [2.75, 3.05) is 0 Å². The van der Waals surface area contributed by atoms with Gasteiger partial charge in [0.2, 0.25) is 11.8 Å². The molecular formula is C15H20N2O2. The largest absolute Gasteiger partial charge is 0.342 e. The maximum absolute atomic E-state index is 12.4. The zero-order chi connectivity index (χ0) is 14.2. The molecule has 1 aromatic carbocycles. The van der Waals surface area contributed by atoms with Gasteiger partial charge >= 0.3 is 0 Å². The van der Waals surface area contributed by atoms with E-state index in [0.29, 0.717) is 0 Å². The topological polar surface area (TPSA) is 49.4 Å². The van der Waals surface area contributed by atoms with Crippen molar-refractivity contribution in [3.8, 4) is 0 Å². The lowest BCUT2D eigenvalue weighted by Crippen LogP contribution is -2.63. The Kier molecular flexibility index (Phi) is 3.35. The van der Waals surface area contributed by atoms with E-state index < -0.39 is 17.6 Å². The van der Waals surface area contributed by atoms with Gasteiger partial charge in [0.1, 0.15) is 12.1 Å². The van der Waals surface area contributed by atoms with Crippen molar-refractivity contribution in [2.24, 2.45) is 0 Å². The van der Waals surface area contributed by atoms with Gasteiger partial charge in [-0.05, 0) is 33.3 Å². The van der Waals surface area contributed by atoms with E-state index in [9.17, 15) is 9.59 Å². The van der Waals surface area contributed by atoms with Crippen molar-refractivity contribution < 1.29 is 9.59 Å². The first kappa shape index (κ1) is 13.6. The van der Waals surface area contributed by atoms with Gasteiger partial charge in [0, 0.05) is 5.54 Å². The van der Waals surface area contributed by atoms with Crippen LogP contribution in [0.5, 0.6) is 0 Å². The third-order valence-corrected chi connectivity index (χ3v) is 3.31. The summed E-state index contributed by atoms with van der Waals surface area (Å²) < 4.78 is 0. The zero-order valence-electron chi connectivity index (χ0n) is 11.8. The van der Waals surface area contributed by atoms with Gasteiger partial charge in [-0.15, -0.1) is 0 Å². The minimum absolute atomic E-state index is 0.0408. The molecule has 2 rings (SSSR count). The Hall–Kier alpha value is -1.84. The first-order chi connectivity index (χ1) is 8.82. The molecule has 1 aliphatic heterocycles. The average Bonchev–Trinajstić information content (AvgIpc) is 2.33. The van der Waals surface area contributed by atoms with Crippen LogP contribution in [0, 0.1) is 0 Å². The molecule has 0 aromatic heterocycles. The normalized spacial score (nSPS) is 24.3. The Morgan fingerprint density at radius 1 is 1.11 bits per heavy atom. The van der Waals surface area contributed by atoms with Gasteiger partial charge in [-0.3, -0.25) is 9.59 Å². The summed E-state index contributed by atoms with van der Waals surface area (Å²) in [5.74, 6) is -0.158. The van der Waals surface area contributed by atoms with Crippen LogP contribution in [-0.4, -0.2) is 28.3 Å². The second-order valence-corrected chi connectivity index (χ2v) is 5.92. The second-order valence-electron chi connectivity index (χ2n) is 5.92. The van der Waals surface area contributed by atoms with Crippen LogP contribution in [0.1, 0.15) is 39.3 Å². The highest BCUT2D eigenvalue weighted by atomic mass is 16.2. The minimum atomic E-state index is -0.551. The Bertz CT molecular complexity index is 491. The molecule has 0 spiro atoms. The van der Waals surface area contributed by atoms with Crippen molar-refractivity contribution in [2.45, 2.75) is 45.3 Å². The molecule has 2 amide bonds. The molecule has 1 aliphatic rings. The fourth-order valence-corrected chi connectivity index (χ4v) is 2.46. The summed E-state index contributed by atoms with van der Waals surface area (Å²) in [6, 6.07) is 8.41. The summed E-state index contributed by atoms with van der Waals surface area (Å²) in [5.41, 5.74) is 0.444. The third-order valence-electron chi connectivity index (χ3n) is 3.31. The Balaban J connectivity index is 2.48. The maximum Gasteiger partial charge on any atom is 0.248 e. The van der Waals surface area contributed by atoms with Crippen LogP contribution in [0.3, 0.4) is 0 Å². The molecule has 1 saturated heterocycles. The highest BCUT2D eigenvalue weighted by molar-refractivity contribution is 5.97. The van der Waals surface area contributed by atoms with E-state index in [1.165, 1.54) is 0 Å². The summed E-state index contributed by atoms with van der Waals surface area (Å²) in [6.07, 6.45) is 0. The Morgan fingerprint density at radius 2 is 1.68 bits per heavy atom. The van der Waals surface area contributed by atoms with Gasteiger partial charge in [-0.2, -0.15) is 0 Å². The van der Waals surface area contributed by atoms with E-state index in [1.54, 1.807) is 11.8 Å². The summed E-state index contributed by atoms with van der Waals surface area (Å²) >= 11 is 0.